The summed E-state index contributed by atoms with van der Waals surface area (Å²) in [5.41, 5.74) is 1.14. The fourth-order valence-electron chi connectivity index (χ4n) is 3.38. The Morgan fingerprint density at radius 2 is 1.88 bits per heavy atom. The molecule has 1 amide bonds. The van der Waals surface area contributed by atoms with Gasteiger partial charge < -0.3 is 14.2 Å². The molecule has 0 aliphatic carbocycles. The van der Waals surface area contributed by atoms with Gasteiger partial charge in [0.15, 0.2) is 11.5 Å². The van der Waals surface area contributed by atoms with Gasteiger partial charge in [-0.15, -0.1) is 0 Å². The van der Waals surface area contributed by atoms with E-state index in [1.807, 2.05) is 13.8 Å². The molecule has 1 unspecified atom stereocenters. The number of rotatable bonds is 10. The average Bonchev–Trinajstić information content (AvgIpc) is 2.82. The van der Waals surface area contributed by atoms with E-state index in [2.05, 4.69) is 4.31 Å². The molecule has 0 saturated carbocycles. The second-order valence-corrected chi connectivity index (χ2v) is 8.80. The molecule has 3 rings (SSSR count). The van der Waals surface area contributed by atoms with Gasteiger partial charge in [-0.1, -0.05) is 6.92 Å². The van der Waals surface area contributed by atoms with Gasteiger partial charge in [0, 0.05) is 18.0 Å². The number of nitrogens with zero attached hydrogens (tertiary/aromatic N) is 1. The fraction of sp³-hybridized carbons (Fsp3) is 0.435. The van der Waals surface area contributed by atoms with E-state index in [9.17, 15) is 23.2 Å². The summed E-state index contributed by atoms with van der Waals surface area (Å²) in [5.74, 6) is 0.400. The number of carbonyl (C=O) groups is 1. The molecule has 1 atom stereocenters. The third-order valence-electron chi connectivity index (χ3n) is 5.00. The summed E-state index contributed by atoms with van der Waals surface area (Å²) in [6.45, 7) is 5.85. The third kappa shape index (κ3) is 6.71. The first-order chi connectivity index (χ1) is 16.2. The van der Waals surface area contributed by atoms with Crippen LogP contribution >= 0.6 is 11.9 Å². The highest BCUT2D eigenvalue weighted by molar-refractivity contribution is 7.97. The van der Waals surface area contributed by atoms with Crippen LogP contribution in [0.15, 0.2) is 41.3 Å². The van der Waals surface area contributed by atoms with E-state index in [0.29, 0.717) is 54.9 Å². The van der Waals surface area contributed by atoms with Crippen molar-refractivity contribution in [3.63, 3.8) is 0 Å². The van der Waals surface area contributed by atoms with Crippen LogP contribution in [0.1, 0.15) is 42.6 Å². The van der Waals surface area contributed by atoms with Crippen molar-refractivity contribution in [3.8, 4) is 17.2 Å². The number of benzene rings is 2. The molecule has 0 bridgehead atoms. The smallest absolute Gasteiger partial charge is 0.416 e. The van der Waals surface area contributed by atoms with E-state index in [-0.39, 0.29) is 11.7 Å². The fourth-order valence-corrected chi connectivity index (χ4v) is 4.53. The maximum Gasteiger partial charge on any atom is 0.416 e. The SMILES string of the molecule is CCCN(CCC(C)Oc1ccc(C(F)(F)F)cc1)Sc1ccc2c(c1C(=O)NO)OCCO2. The van der Waals surface area contributed by atoms with Crippen molar-refractivity contribution in [3.05, 3.63) is 47.5 Å². The van der Waals surface area contributed by atoms with Crippen LogP contribution in [-0.2, 0) is 6.18 Å². The lowest BCUT2D eigenvalue weighted by Crippen LogP contribution is -2.26. The van der Waals surface area contributed by atoms with Gasteiger partial charge in [0.05, 0.1) is 11.7 Å². The number of carbonyl (C=O) groups excluding carboxylic acids is 1. The molecule has 11 heteroatoms. The molecule has 1 aliphatic heterocycles. The maximum atomic E-state index is 12.7. The van der Waals surface area contributed by atoms with Crippen LogP contribution in [0.25, 0.3) is 0 Å². The van der Waals surface area contributed by atoms with E-state index in [0.717, 1.165) is 18.6 Å². The molecule has 0 fully saturated rings. The maximum absolute atomic E-state index is 12.7. The van der Waals surface area contributed by atoms with Crippen LogP contribution in [-0.4, -0.2) is 47.8 Å². The number of hydrogen-bond donors (Lipinski definition) is 2. The zero-order chi connectivity index (χ0) is 24.7. The standard InChI is InChI=1S/C23H27F3N2O5S/c1-3-11-28(12-10-15(2)33-17-6-4-16(5-7-17)23(24,25)26)34-19-9-8-18-21(32-14-13-31-18)20(19)22(29)27-30/h4-9,15,30H,3,10-14H2,1-2H3,(H,27,29). The van der Waals surface area contributed by atoms with E-state index in [4.69, 9.17) is 14.2 Å². The first kappa shape index (κ1) is 26.0. The van der Waals surface area contributed by atoms with Crippen LogP contribution in [0.5, 0.6) is 17.2 Å². The van der Waals surface area contributed by atoms with Gasteiger partial charge in [-0.05, 0) is 68.1 Å². The van der Waals surface area contributed by atoms with E-state index in [1.54, 1.807) is 17.6 Å². The number of ether oxygens (including phenoxy) is 3. The van der Waals surface area contributed by atoms with Gasteiger partial charge in [0.1, 0.15) is 24.5 Å². The second kappa shape index (κ2) is 11.7. The van der Waals surface area contributed by atoms with Crippen molar-refractivity contribution in [2.24, 2.45) is 0 Å². The predicted molar refractivity (Wildman–Crippen MR) is 121 cm³/mol. The Kier molecular flexibility index (Phi) is 8.92. The van der Waals surface area contributed by atoms with Gasteiger partial charge in [0.25, 0.3) is 5.91 Å². The van der Waals surface area contributed by atoms with Gasteiger partial charge in [-0.2, -0.15) is 13.2 Å². The molecule has 0 saturated heterocycles. The normalized spacial score (nSPS) is 14.1. The molecule has 1 aliphatic rings. The number of alkyl halides is 3. The number of halogens is 3. The lowest BCUT2D eigenvalue weighted by atomic mass is 10.1. The van der Waals surface area contributed by atoms with Crippen LogP contribution < -0.4 is 19.7 Å². The summed E-state index contributed by atoms with van der Waals surface area (Å²) in [7, 11) is 0. The predicted octanol–water partition coefficient (Wildman–Crippen LogP) is 5.17. The minimum absolute atomic E-state index is 0.194. The molecule has 1 heterocycles. The van der Waals surface area contributed by atoms with Crippen molar-refractivity contribution < 1.29 is 37.4 Å². The van der Waals surface area contributed by atoms with Crippen molar-refractivity contribution in [2.45, 2.75) is 43.9 Å². The summed E-state index contributed by atoms with van der Waals surface area (Å²) < 4.78 is 57.2. The number of amides is 1. The lowest BCUT2D eigenvalue weighted by Gasteiger charge is -2.26. The van der Waals surface area contributed by atoms with E-state index in [1.165, 1.54) is 24.1 Å². The summed E-state index contributed by atoms with van der Waals surface area (Å²) in [6.07, 6.45) is -3.19. The molecule has 7 nitrogen and oxygen atoms in total. The topological polar surface area (TPSA) is 80.3 Å². The second-order valence-electron chi connectivity index (χ2n) is 7.66. The first-order valence-electron chi connectivity index (χ1n) is 10.9. The summed E-state index contributed by atoms with van der Waals surface area (Å²) in [5, 5.41) is 9.23. The highest BCUT2D eigenvalue weighted by Gasteiger charge is 2.30. The molecular formula is C23H27F3N2O5S. The van der Waals surface area contributed by atoms with Gasteiger partial charge in [-0.3, -0.25) is 10.0 Å². The molecule has 2 aromatic carbocycles. The monoisotopic (exact) mass is 500 g/mol. The molecule has 34 heavy (non-hydrogen) atoms. The number of nitrogens with one attached hydrogen (secondary N) is 1. The van der Waals surface area contributed by atoms with Crippen molar-refractivity contribution in [2.75, 3.05) is 26.3 Å². The minimum Gasteiger partial charge on any atom is -0.491 e. The molecule has 2 N–H and O–H groups in total. The Bertz CT molecular complexity index is 972. The molecule has 0 aromatic heterocycles. The summed E-state index contributed by atoms with van der Waals surface area (Å²) in [6, 6.07) is 8.09. The van der Waals surface area contributed by atoms with Gasteiger partial charge >= 0.3 is 6.18 Å². The average molecular weight is 501 g/mol. The highest BCUT2D eigenvalue weighted by Crippen LogP contribution is 2.40. The van der Waals surface area contributed by atoms with Crippen LogP contribution in [0, 0.1) is 0 Å². The Balaban J connectivity index is 1.66. The Morgan fingerprint density at radius 3 is 2.53 bits per heavy atom. The lowest BCUT2D eigenvalue weighted by molar-refractivity contribution is -0.137. The largest absolute Gasteiger partial charge is 0.491 e. The van der Waals surface area contributed by atoms with Crippen LogP contribution in [0.3, 0.4) is 0 Å². The zero-order valence-electron chi connectivity index (χ0n) is 18.9. The Morgan fingerprint density at radius 1 is 1.18 bits per heavy atom. The number of fused-ring (bicyclic) bond motifs is 1. The first-order valence-corrected chi connectivity index (χ1v) is 11.6. The third-order valence-corrected chi connectivity index (χ3v) is 6.16. The van der Waals surface area contributed by atoms with Crippen molar-refractivity contribution in [1.29, 1.82) is 0 Å². The van der Waals surface area contributed by atoms with Gasteiger partial charge in [-0.25, -0.2) is 9.79 Å². The Labute approximate surface area is 200 Å². The van der Waals surface area contributed by atoms with E-state index >= 15 is 0 Å². The van der Waals surface area contributed by atoms with Crippen LogP contribution in [0.2, 0.25) is 0 Å². The quantitative estimate of drug-likeness (QED) is 0.265. The molecule has 2 aromatic rings. The Hall–Kier alpha value is -2.63. The molecule has 186 valence electrons. The highest BCUT2D eigenvalue weighted by atomic mass is 32.2. The minimum atomic E-state index is -4.39. The van der Waals surface area contributed by atoms with Crippen molar-refractivity contribution >= 4 is 17.9 Å². The van der Waals surface area contributed by atoms with Crippen LogP contribution in [0.4, 0.5) is 13.2 Å². The summed E-state index contributed by atoms with van der Waals surface area (Å²) >= 11 is 1.35. The molecule has 0 spiro atoms. The molecular weight excluding hydrogens is 473 g/mol. The zero-order valence-corrected chi connectivity index (χ0v) is 19.7. The number of hydroxylamine groups is 1. The van der Waals surface area contributed by atoms with Crippen molar-refractivity contribution in [1.82, 2.24) is 9.79 Å². The molecule has 0 radical (unpaired) electrons. The number of hydrogen-bond acceptors (Lipinski definition) is 7. The summed E-state index contributed by atoms with van der Waals surface area (Å²) in [4.78, 5) is 13.0. The van der Waals surface area contributed by atoms with E-state index < -0.39 is 17.6 Å². The van der Waals surface area contributed by atoms with Gasteiger partial charge in [0.2, 0.25) is 0 Å².